The maximum Gasteiger partial charge on any atom is 0.139 e. The maximum atomic E-state index is 11.4. The molecule has 0 aromatic rings. The van der Waals surface area contributed by atoms with Crippen molar-refractivity contribution >= 4 is 5.78 Å². The highest BCUT2D eigenvalue weighted by molar-refractivity contribution is 5.84. The van der Waals surface area contributed by atoms with Gasteiger partial charge in [0.2, 0.25) is 0 Å². The minimum Gasteiger partial charge on any atom is -0.305 e. The number of carbonyl (C=O) groups excluding carboxylic acids is 1. The second-order valence-corrected chi connectivity index (χ2v) is 4.53. The molecule has 0 radical (unpaired) electrons. The maximum absolute atomic E-state index is 11.4. The molecular weight excluding hydrogens is 174 g/mol. The van der Waals surface area contributed by atoms with Gasteiger partial charge in [-0.2, -0.15) is 0 Å². The fourth-order valence-corrected chi connectivity index (χ4v) is 1.51. The Balaban J connectivity index is 2.66. The number of hydrogen-bond acceptors (Lipinski definition) is 2. The summed E-state index contributed by atoms with van der Waals surface area (Å²) in [6, 6.07) is 0. The van der Waals surface area contributed by atoms with E-state index in [-0.39, 0.29) is 11.2 Å². The molecule has 0 N–H and O–H groups in total. The third-order valence-electron chi connectivity index (χ3n) is 2.76. The van der Waals surface area contributed by atoms with Gasteiger partial charge in [-0.1, -0.05) is 18.2 Å². The number of nitrogens with zero attached hydrogens (tertiary/aromatic N) is 1. The highest BCUT2D eigenvalue weighted by Gasteiger charge is 2.27. The standard InChI is InChI=1S/C12H19NO/c1-10(14)12(2)7-5-11(6-8-12)9-13(3)4/h5-7H,8-9H2,1-4H3/t12-/m0/s1. The molecule has 0 heterocycles. The average molecular weight is 193 g/mol. The summed E-state index contributed by atoms with van der Waals surface area (Å²) in [6.45, 7) is 4.61. The molecule has 0 aliphatic heterocycles. The summed E-state index contributed by atoms with van der Waals surface area (Å²) in [5.74, 6) is 0.244. The van der Waals surface area contributed by atoms with Crippen LogP contribution in [0.25, 0.3) is 0 Å². The first-order valence-electron chi connectivity index (χ1n) is 4.98. The van der Waals surface area contributed by atoms with Crippen molar-refractivity contribution in [1.29, 1.82) is 0 Å². The summed E-state index contributed by atoms with van der Waals surface area (Å²) >= 11 is 0. The van der Waals surface area contributed by atoms with Crippen LogP contribution in [0.4, 0.5) is 0 Å². The van der Waals surface area contributed by atoms with E-state index < -0.39 is 0 Å². The molecular formula is C12H19NO. The predicted molar refractivity (Wildman–Crippen MR) is 59.2 cm³/mol. The summed E-state index contributed by atoms with van der Waals surface area (Å²) in [5, 5.41) is 0. The van der Waals surface area contributed by atoms with Crippen LogP contribution in [0.5, 0.6) is 0 Å². The van der Waals surface area contributed by atoms with E-state index >= 15 is 0 Å². The molecule has 14 heavy (non-hydrogen) atoms. The van der Waals surface area contributed by atoms with E-state index in [0.29, 0.717) is 0 Å². The van der Waals surface area contributed by atoms with Gasteiger partial charge in [-0.05, 0) is 39.9 Å². The van der Waals surface area contributed by atoms with Gasteiger partial charge in [-0.15, -0.1) is 0 Å². The molecule has 2 heteroatoms. The number of ketones is 1. The monoisotopic (exact) mass is 193 g/mol. The summed E-state index contributed by atoms with van der Waals surface area (Å²) < 4.78 is 0. The van der Waals surface area contributed by atoms with E-state index in [1.807, 2.05) is 27.1 Å². The summed E-state index contributed by atoms with van der Waals surface area (Å²) in [7, 11) is 4.10. The number of Topliss-reactive ketones (excluding diaryl/α,β-unsaturated/α-hetero) is 1. The Hall–Kier alpha value is -0.890. The van der Waals surface area contributed by atoms with Gasteiger partial charge in [0, 0.05) is 12.0 Å². The molecule has 78 valence electrons. The van der Waals surface area contributed by atoms with Gasteiger partial charge < -0.3 is 4.90 Å². The molecule has 1 aliphatic rings. The zero-order valence-corrected chi connectivity index (χ0v) is 9.50. The van der Waals surface area contributed by atoms with Crippen LogP contribution < -0.4 is 0 Å². The van der Waals surface area contributed by atoms with Gasteiger partial charge in [-0.25, -0.2) is 0 Å². The van der Waals surface area contributed by atoms with Gasteiger partial charge in [-0.3, -0.25) is 4.79 Å². The molecule has 0 spiro atoms. The third kappa shape index (κ3) is 2.55. The Kier molecular flexibility index (Phi) is 3.27. The van der Waals surface area contributed by atoms with Gasteiger partial charge >= 0.3 is 0 Å². The van der Waals surface area contributed by atoms with Crippen LogP contribution in [0.1, 0.15) is 20.3 Å². The highest BCUT2D eigenvalue weighted by Crippen LogP contribution is 2.30. The minimum atomic E-state index is -0.268. The molecule has 0 aromatic carbocycles. The van der Waals surface area contributed by atoms with Crippen LogP contribution in [0.2, 0.25) is 0 Å². The quantitative estimate of drug-likeness (QED) is 0.683. The smallest absolute Gasteiger partial charge is 0.139 e. The first-order chi connectivity index (χ1) is 6.44. The molecule has 1 rings (SSSR count). The topological polar surface area (TPSA) is 20.3 Å². The zero-order valence-electron chi connectivity index (χ0n) is 9.50. The summed E-state index contributed by atoms with van der Waals surface area (Å²) in [4.78, 5) is 13.5. The van der Waals surface area contributed by atoms with Crippen LogP contribution in [0.15, 0.2) is 23.8 Å². The Morgan fingerprint density at radius 3 is 2.57 bits per heavy atom. The summed E-state index contributed by atoms with van der Waals surface area (Å²) in [5.41, 5.74) is 1.03. The molecule has 0 saturated heterocycles. The number of carbonyl (C=O) groups is 1. The number of likely N-dealkylation sites (N-methyl/N-ethyl adjacent to an activating group) is 1. The Morgan fingerprint density at radius 1 is 1.57 bits per heavy atom. The largest absolute Gasteiger partial charge is 0.305 e. The van der Waals surface area contributed by atoms with E-state index in [1.165, 1.54) is 5.57 Å². The molecule has 0 aromatic heterocycles. The lowest BCUT2D eigenvalue weighted by atomic mass is 9.79. The van der Waals surface area contributed by atoms with Crippen molar-refractivity contribution in [3.63, 3.8) is 0 Å². The second kappa shape index (κ2) is 4.09. The second-order valence-electron chi connectivity index (χ2n) is 4.53. The van der Waals surface area contributed by atoms with Crippen LogP contribution in [-0.4, -0.2) is 31.3 Å². The molecule has 0 fully saturated rings. The fourth-order valence-electron chi connectivity index (χ4n) is 1.51. The third-order valence-corrected chi connectivity index (χ3v) is 2.76. The Morgan fingerprint density at radius 2 is 2.21 bits per heavy atom. The first-order valence-corrected chi connectivity index (χ1v) is 4.98. The zero-order chi connectivity index (χ0) is 10.8. The highest BCUT2D eigenvalue weighted by atomic mass is 16.1. The molecule has 0 saturated carbocycles. The van der Waals surface area contributed by atoms with Gasteiger partial charge in [0.1, 0.15) is 5.78 Å². The van der Waals surface area contributed by atoms with Crippen molar-refractivity contribution in [2.45, 2.75) is 20.3 Å². The van der Waals surface area contributed by atoms with Crippen LogP contribution in [-0.2, 0) is 4.79 Å². The van der Waals surface area contributed by atoms with Crippen molar-refractivity contribution in [3.8, 4) is 0 Å². The van der Waals surface area contributed by atoms with Crippen molar-refractivity contribution in [2.75, 3.05) is 20.6 Å². The van der Waals surface area contributed by atoms with E-state index in [2.05, 4.69) is 17.1 Å². The number of hydrogen-bond donors (Lipinski definition) is 0. The molecule has 2 nitrogen and oxygen atoms in total. The Labute approximate surface area is 86.3 Å². The molecule has 0 bridgehead atoms. The SMILES string of the molecule is CC(=O)[C@@]1(C)C=CC(CN(C)C)=CC1. The summed E-state index contributed by atoms with van der Waals surface area (Å²) in [6.07, 6.45) is 7.11. The van der Waals surface area contributed by atoms with E-state index in [4.69, 9.17) is 0 Å². The predicted octanol–water partition coefficient (Wildman–Crippen LogP) is 2.03. The lowest BCUT2D eigenvalue weighted by Crippen LogP contribution is -2.25. The van der Waals surface area contributed by atoms with Gasteiger partial charge in [0.25, 0.3) is 0 Å². The lowest BCUT2D eigenvalue weighted by molar-refractivity contribution is -0.123. The average Bonchev–Trinajstić information content (AvgIpc) is 2.08. The lowest BCUT2D eigenvalue weighted by Gasteiger charge is -2.25. The first kappa shape index (κ1) is 11.2. The van der Waals surface area contributed by atoms with E-state index in [9.17, 15) is 4.79 Å². The number of allylic oxidation sites excluding steroid dienone is 2. The molecule has 1 atom stereocenters. The van der Waals surface area contributed by atoms with Crippen molar-refractivity contribution in [2.24, 2.45) is 5.41 Å². The van der Waals surface area contributed by atoms with Crippen molar-refractivity contribution in [3.05, 3.63) is 23.8 Å². The normalized spacial score (nSPS) is 26.5. The fraction of sp³-hybridized carbons (Fsp3) is 0.583. The van der Waals surface area contributed by atoms with Crippen molar-refractivity contribution in [1.82, 2.24) is 4.90 Å². The van der Waals surface area contributed by atoms with Gasteiger partial charge in [0.05, 0.1) is 0 Å². The van der Waals surface area contributed by atoms with Crippen molar-refractivity contribution < 1.29 is 4.79 Å². The molecule has 0 unspecified atom stereocenters. The Bertz CT molecular complexity index is 289. The van der Waals surface area contributed by atoms with E-state index in [1.54, 1.807) is 6.92 Å². The number of rotatable bonds is 3. The van der Waals surface area contributed by atoms with Crippen LogP contribution in [0.3, 0.4) is 0 Å². The molecule has 0 amide bonds. The molecule has 1 aliphatic carbocycles. The minimum absolute atomic E-state index is 0.244. The van der Waals surface area contributed by atoms with E-state index in [0.717, 1.165) is 13.0 Å². The van der Waals surface area contributed by atoms with Crippen LogP contribution in [0, 0.1) is 5.41 Å². The van der Waals surface area contributed by atoms with Gasteiger partial charge in [0.15, 0.2) is 0 Å². The van der Waals surface area contributed by atoms with Crippen LogP contribution >= 0.6 is 0 Å².